The molecule has 1 fully saturated rings. The van der Waals surface area contributed by atoms with E-state index in [0.717, 1.165) is 44.4 Å². The summed E-state index contributed by atoms with van der Waals surface area (Å²) in [5, 5.41) is 7.21. The minimum absolute atomic E-state index is 0.139. The van der Waals surface area contributed by atoms with E-state index in [1.54, 1.807) is 30.3 Å². The molecule has 0 aliphatic carbocycles. The van der Waals surface area contributed by atoms with Crippen molar-refractivity contribution in [3.8, 4) is 11.8 Å². The Labute approximate surface area is 245 Å². The van der Waals surface area contributed by atoms with Crippen LogP contribution in [0, 0.1) is 11.8 Å². The molecular formula is C29H35F3N4O4S2. The van der Waals surface area contributed by atoms with Gasteiger partial charge >= 0.3 is 6.18 Å². The molecule has 1 aromatic heterocycles. The van der Waals surface area contributed by atoms with Gasteiger partial charge in [0.25, 0.3) is 0 Å². The van der Waals surface area contributed by atoms with Crippen molar-refractivity contribution in [3.05, 3.63) is 54.2 Å². The van der Waals surface area contributed by atoms with Gasteiger partial charge in [-0.05, 0) is 74.2 Å². The molecule has 0 atom stereocenters. The zero-order valence-corrected chi connectivity index (χ0v) is 25.2. The molecule has 4 rings (SSSR count). The summed E-state index contributed by atoms with van der Waals surface area (Å²) in [5.74, 6) is 5.93. The van der Waals surface area contributed by atoms with Crippen LogP contribution < -0.4 is 10.6 Å². The molecule has 8 nitrogen and oxygen atoms in total. The fourth-order valence-corrected chi connectivity index (χ4v) is 6.32. The van der Waals surface area contributed by atoms with E-state index < -0.39 is 32.4 Å². The number of anilines is 2. The lowest BCUT2D eigenvalue weighted by Gasteiger charge is -2.33. The van der Waals surface area contributed by atoms with Crippen LogP contribution in [0.1, 0.15) is 25.0 Å². The van der Waals surface area contributed by atoms with E-state index in [4.69, 9.17) is 0 Å². The average Bonchev–Trinajstić information content (AvgIpc) is 3.23. The molecule has 0 radical (unpaired) electrons. The molecule has 0 unspecified atom stereocenters. The summed E-state index contributed by atoms with van der Waals surface area (Å²) in [6.45, 7) is 1.33. The largest absolute Gasteiger partial charge is 0.406 e. The minimum Gasteiger partial charge on any atom is -0.382 e. The lowest BCUT2D eigenvalue weighted by molar-refractivity contribution is -0.140. The van der Waals surface area contributed by atoms with Crippen LogP contribution in [0.15, 0.2) is 53.4 Å². The fraction of sp³-hybridized carbons (Fsp3) is 0.448. The van der Waals surface area contributed by atoms with Gasteiger partial charge in [0.05, 0.1) is 28.4 Å². The van der Waals surface area contributed by atoms with Gasteiger partial charge in [0.2, 0.25) is 0 Å². The molecule has 1 aliphatic rings. The number of sulfone groups is 2. The normalized spacial score (nSPS) is 15.4. The van der Waals surface area contributed by atoms with Gasteiger partial charge in [-0.3, -0.25) is 0 Å². The van der Waals surface area contributed by atoms with Crippen LogP contribution in [0.3, 0.4) is 0 Å². The molecule has 0 amide bonds. The van der Waals surface area contributed by atoms with Crippen LogP contribution in [0.4, 0.5) is 24.5 Å². The Bertz CT molecular complexity index is 1670. The first-order valence-corrected chi connectivity index (χ1v) is 17.5. The number of aromatic nitrogens is 1. The molecule has 228 valence electrons. The molecule has 0 saturated carbocycles. The van der Waals surface area contributed by atoms with E-state index in [0.29, 0.717) is 23.0 Å². The van der Waals surface area contributed by atoms with Crippen LogP contribution in [0.25, 0.3) is 10.9 Å². The molecule has 2 N–H and O–H groups in total. The Morgan fingerprint density at radius 3 is 2.31 bits per heavy atom. The first-order valence-electron chi connectivity index (χ1n) is 13.6. The first kappa shape index (κ1) is 31.7. The predicted molar refractivity (Wildman–Crippen MR) is 160 cm³/mol. The number of likely N-dealkylation sites (tertiary alicyclic amines) is 1. The van der Waals surface area contributed by atoms with Crippen molar-refractivity contribution in [1.82, 2.24) is 9.47 Å². The predicted octanol–water partition coefficient (Wildman–Crippen LogP) is 4.38. The average molecular weight is 625 g/mol. The number of hydrogen-bond donors (Lipinski definition) is 2. The van der Waals surface area contributed by atoms with Gasteiger partial charge in [-0.2, -0.15) is 13.2 Å². The standard InChI is InChI=1S/C29H35F3N4O4S2/c1-41(37,38)19-5-16-35-17-13-23(14-18-35)34-27-7-3-8-28-26(27)20-24(36(28)21-29(30,31)32)6-4-15-33-22-9-11-25(12-10-22)42(2,39)40/h3,7-12,20,23,33-34H,5,13-19,21H2,1-2H3. The number of alkyl halides is 3. The second-order valence-electron chi connectivity index (χ2n) is 10.7. The van der Waals surface area contributed by atoms with E-state index in [1.807, 2.05) is 6.07 Å². The number of benzene rings is 2. The monoisotopic (exact) mass is 624 g/mol. The molecule has 1 aliphatic heterocycles. The summed E-state index contributed by atoms with van der Waals surface area (Å²) in [5.41, 5.74) is 2.06. The number of nitrogens with zero attached hydrogens (tertiary/aromatic N) is 2. The third kappa shape index (κ3) is 9.14. The number of halogens is 3. The highest BCUT2D eigenvalue weighted by atomic mass is 32.2. The maximum absolute atomic E-state index is 13.5. The third-order valence-corrected chi connectivity index (χ3v) is 9.26. The third-order valence-electron chi connectivity index (χ3n) is 7.10. The highest BCUT2D eigenvalue weighted by molar-refractivity contribution is 7.91. The van der Waals surface area contributed by atoms with Gasteiger partial charge < -0.3 is 20.1 Å². The molecule has 2 heterocycles. The van der Waals surface area contributed by atoms with E-state index in [9.17, 15) is 30.0 Å². The molecular weight excluding hydrogens is 589 g/mol. The minimum atomic E-state index is -4.44. The van der Waals surface area contributed by atoms with Crippen molar-refractivity contribution >= 4 is 42.0 Å². The van der Waals surface area contributed by atoms with Gasteiger partial charge in [-0.15, -0.1) is 0 Å². The Balaban J connectivity index is 1.46. The molecule has 13 heteroatoms. The molecule has 2 aromatic carbocycles. The summed E-state index contributed by atoms with van der Waals surface area (Å²) < 4.78 is 87.8. The van der Waals surface area contributed by atoms with Gasteiger partial charge in [0.15, 0.2) is 9.84 Å². The van der Waals surface area contributed by atoms with Crippen LogP contribution in [0.2, 0.25) is 0 Å². The SMILES string of the molecule is CS(=O)(=O)CCCN1CCC(Nc2cccc3c2cc(C#CCNc2ccc(S(C)(=O)=O)cc2)n3CC(F)(F)F)CC1. The molecule has 42 heavy (non-hydrogen) atoms. The number of rotatable bonds is 10. The maximum Gasteiger partial charge on any atom is 0.406 e. The first-order chi connectivity index (χ1) is 19.7. The topological polar surface area (TPSA) is 101 Å². The van der Waals surface area contributed by atoms with E-state index in [2.05, 4.69) is 27.4 Å². The van der Waals surface area contributed by atoms with E-state index in [1.165, 1.54) is 23.0 Å². The zero-order valence-electron chi connectivity index (χ0n) is 23.5. The van der Waals surface area contributed by atoms with Crippen molar-refractivity contribution in [3.63, 3.8) is 0 Å². The molecule has 1 saturated heterocycles. The van der Waals surface area contributed by atoms with Crippen LogP contribution >= 0.6 is 0 Å². The van der Waals surface area contributed by atoms with Crippen molar-refractivity contribution in [2.24, 2.45) is 0 Å². The molecule has 0 spiro atoms. The van der Waals surface area contributed by atoms with Crippen molar-refractivity contribution in [2.75, 3.05) is 55.1 Å². The van der Waals surface area contributed by atoms with Gasteiger partial charge in [-0.25, -0.2) is 16.8 Å². The smallest absolute Gasteiger partial charge is 0.382 e. The number of fused-ring (bicyclic) bond motifs is 1. The summed E-state index contributed by atoms with van der Waals surface area (Å²) >= 11 is 0. The Kier molecular flexibility index (Phi) is 9.80. The van der Waals surface area contributed by atoms with Crippen LogP contribution in [0.5, 0.6) is 0 Å². The lowest BCUT2D eigenvalue weighted by Crippen LogP contribution is -2.39. The molecule has 3 aromatic rings. The highest BCUT2D eigenvalue weighted by Crippen LogP contribution is 2.31. The fourth-order valence-electron chi connectivity index (χ4n) is 5.04. The molecule has 0 bridgehead atoms. The number of piperidine rings is 1. The van der Waals surface area contributed by atoms with E-state index >= 15 is 0 Å². The summed E-state index contributed by atoms with van der Waals surface area (Å²) in [7, 11) is -6.29. The Hall–Kier alpha value is -3.21. The maximum atomic E-state index is 13.5. The van der Waals surface area contributed by atoms with Gasteiger partial charge in [0, 0.05) is 48.4 Å². The summed E-state index contributed by atoms with van der Waals surface area (Å²) in [6.07, 6.45) is 0.193. The van der Waals surface area contributed by atoms with Gasteiger partial charge in [0.1, 0.15) is 16.4 Å². The van der Waals surface area contributed by atoms with Crippen LogP contribution in [-0.2, 0) is 26.2 Å². The van der Waals surface area contributed by atoms with Crippen LogP contribution in [-0.4, -0.2) is 83.0 Å². The van der Waals surface area contributed by atoms with Crippen molar-refractivity contribution < 1.29 is 30.0 Å². The Morgan fingerprint density at radius 1 is 1.00 bits per heavy atom. The van der Waals surface area contributed by atoms with Crippen molar-refractivity contribution in [1.29, 1.82) is 0 Å². The van der Waals surface area contributed by atoms with Gasteiger partial charge in [-0.1, -0.05) is 12.0 Å². The van der Waals surface area contributed by atoms with Crippen molar-refractivity contribution in [2.45, 2.75) is 42.9 Å². The summed E-state index contributed by atoms with van der Waals surface area (Å²) in [6, 6.07) is 13.2. The zero-order chi connectivity index (χ0) is 30.5. The summed E-state index contributed by atoms with van der Waals surface area (Å²) in [4.78, 5) is 2.43. The number of hydrogen-bond acceptors (Lipinski definition) is 7. The number of nitrogens with one attached hydrogen (secondary N) is 2. The second-order valence-corrected chi connectivity index (χ2v) is 14.9. The lowest BCUT2D eigenvalue weighted by atomic mass is 10.0. The van der Waals surface area contributed by atoms with E-state index in [-0.39, 0.29) is 28.9 Å². The second kappa shape index (κ2) is 13.0. The highest BCUT2D eigenvalue weighted by Gasteiger charge is 2.30. The quantitative estimate of drug-likeness (QED) is 0.323. The Morgan fingerprint density at radius 2 is 1.69 bits per heavy atom.